The minimum atomic E-state index is -0.688. The van der Waals surface area contributed by atoms with Crippen molar-refractivity contribution in [1.82, 2.24) is 9.59 Å². The summed E-state index contributed by atoms with van der Waals surface area (Å²) >= 11 is 1.27. The minimum Gasteiger partial charge on any atom is -0.481 e. The van der Waals surface area contributed by atoms with E-state index in [2.05, 4.69) is 9.59 Å². The Morgan fingerprint density at radius 2 is 2.46 bits per heavy atom. The summed E-state index contributed by atoms with van der Waals surface area (Å²) in [4.78, 5) is 11.0. The quantitative estimate of drug-likeness (QED) is 0.796. The monoisotopic (exact) mass is 198 g/mol. The van der Waals surface area contributed by atoms with Gasteiger partial charge in [-0.1, -0.05) is 10.9 Å². The standard InChI is InChI=1S/C8H10N2O2S/c11-7(12)8(2-1-3-8)4-6-5-13-10-9-6/h5H,1-4H2,(H,11,12). The van der Waals surface area contributed by atoms with Gasteiger partial charge in [0.05, 0.1) is 11.1 Å². The van der Waals surface area contributed by atoms with Crippen LogP contribution in [0.25, 0.3) is 0 Å². The summed E-state index contributed by atoms with van der Waals surface area (Å²) in [7, 11) is 0. The second kappa shape index (κ2) is 3.06. The molecule has 0 aromatic carbocycles. The van der Waals surface area contributed by atoms with Gasteiger partial charge in [-0.05, 0) is 24.4 Å². The molecule has 0 atom stereocenters. The SMILES string of the molecule is O=C(O)C1(Cc2csnn2)CCC1. The van der Waals surface area contributed by atoms with Crippen molar-refractivity contribution in [2.45, 2.75) is 25.7 Å². The molecule has 1 aliphatic rings. The van der Waals surface area contributed by atoms with Crippen molar-refractivity contribution < 1.29 is 9.90 Å². The Labute approximate surface area is 79.8 Å². The zero-order chi connectivity index (χ0) is 9.31. The van der Waals surface area contributed by atoms with Gasteiger partial charge in [-0.2, -0.15) is 0 Å². The van der Waals surface area contributed by atoms with Gasteiger partial charge < -0.3 is 5.11 Å². The summed E-state index contributed by atoms with van der Waals surface area (Å²) in [5, 5.41) is 14.7. The molecule has 0 saturated heterocycles. The Morgan fingerprint density at radius 3 is 2.85 bits per heavy atom. The molecular formula is C8H10N2O2S. The van der Waals surface area contributed by atoms with Crippen LogP contribution < -0.4 is 0 Å². The first-order valence-electron chi connectivity index (χ1n) is 4.22. The second-order valence-corrected chi connectivity index (χ2v) is 4.12. The number of carboxylic acids is 1. The molecule has 0 amide bonds. The third-order valence-corrected chi connectivity index (χ3v) is 3.24. The maximum absolute atomic E-state index is 11.0. The van der Waals surface area contributed by atoms with E-state index in [1.165, 1.54) is 11.5 Å². The molecule has 1 fully saturated rings. The lowest BCUT2D eigenvalue weighted by Gasteiger charge is -2.36. The minimum absolute atomic E-state index is 0.532. The third-order valence-electron chi connectivity index (χ3n) is 2.69. The van der Waals surface area contributed by atoms with Crippen LogP contribution in [0.3, 0.4) is 0 Å². The third kappa shape index (κ3) is 1.44. The van der Waals surface area contributed by atoms with Gasteiger partial charge >= 0.3 is 5.97 Å². The molecule has 0 spiro atoms. The van der Waals surface area contributed by atoms with E-state index in [4.69, 9.17) is 5.11 Å². The molecule has 0 aliphatic heterocycles. The summed E-state index contributed by atoms with van der Waals surface area (Å²) in [6, 6.07) is 0. The van der Waals surface area contributed by atoms with Crippen LogP contribution in [0, 0.1) is 5.41 Å². The summed E-state index contributed by atoms with van der Waals surface area (Å²) in [6.07, 6.45) is 3.11. The molecule has 4 nitrogen and oxygen atoms in total. The maximum Gasteiger partial charge on any atom is 0.310 e. The first-order valence-corrected chi connectivity index (χ1v) is 5.06. The van der Waals surface area contributed by atoms with Crippen LogP contribution in [0.4, 0.5) is 0 Å². The van der Waals surface area contributed by atoms with Gasteiger partial charge in [-0.15, -0.1) is 5.10 Å². The largest absolute Gasteiger partial charge is 0.481 e. The van der Waals surface area contributed by atoms with E-state index in [0.29, 0.717) is 6.42 Å². The highest BCUT2D eigenvalue weighted by Gasteiger charge is 2.44. The molecule has 0 radical (unpaired) electrons. The smallest absolute Gasteiger partial charge is 0.310 e. The first kappa shape index (κ1) is 8.62. The zero-order valence-corrected chi connectivity index (χ0v) is 7.88. The molecule has 0 bridgehead atoms. The molecule has 13 heavy (non-hydrogen) atoms. The van der Waals surface area contributed by atoms with Crippen molar-refractivity contribution in [1.29, 1.82) is 0 Å². The van der Waals surface area contributed by atoms with E-state index in [1.54, 1.807) is 0 Å². The highest BCUT2D eigenvalue weighted by atomic mass is 32.1. The van der Waals surface area contributed by atoms with Crippen LogP contribution in [0.2, 0.25) is 0 Å². The maximum atomic E-state index is 11.0. The number of hydrogen-bond acceptors (Lipinski definition) is 4. The molecule has 2 rings (SSSR count). The van der Waals surface area contributed by atoms with Crippen LogP contribution in [0.15, 0.2) is 5.38 Å². The van der Waals surface area contributed by atoms with Gasteiger partial charge in [0.15, 0.2) is 0 Å². The lowest BCUT2D eigenvalue weighted by atomic mass is 9.66. The fraction of sp³-hybridized carbons (Fsp3) is 0.625. The van der Waals surface area contributed by atoms with Crippen molar-refractivity contribution >= 4 is 17.5 Å². The van der Waals surface area contributed by atoms with Crippen LogP contribution in [-0.4, -0.2) is 20.7 Å². The van der Waals surface area contributed by atoms with Gasteiger partial charge in [-0.25, -0.2) is 0 Å². The topological polar surface area (TPSA) is 63.1 Å². The molecule has 1 aromatic rings. The van der Waals surface area contributed by atoms with E-state index in [1.807, 2.05) is 5.38 Å². The molecule has 0 unspecified atom stereocenters. The Bertz CT molecular complexity index is 306. The average molecular weight is 198 g/mol. The predicted molar refractivity (Wildman–Crippen MR) is 47.5 cm³/mol. The summed E-state index contributed by atoms with van der Waals surface area (Å²) in [6.45, 7) is 0. The summed E-state index contributed by atoms with van der Waals surface area (Å²) < 4.78 is 3.72. The number of aliphatic carboxylic acids is 1. The lowest BCUT2D eigenvalue weighted by Crippen LogP contribution is -2.39. The first-order chi connectivity index (χ1) is 6.23. The molecule has 1 aliphatic carbocycles. The van der Waals surface area contributed by atoms with Crippen LogP contribution in [0.1, 0.15) is 25.0 Å². The molecule has 1 heterocycles. The fourth-order valence-corrected chi connectivity index (χ4v) is 2.13. The zero-order valence-electron chi connectivity index (χ0n) is 7.06. The fourth-order valence-electron chi connectivity index (χ4n) is 1.68. The lowest BCUT2D eigenvalue weighted by molar-refractivity contribution is -0.154. The number of aromatic nitrogens is 2. The second-order valence-electron chi connectivity index (χ2n) is 3.51. The van der Waals surface area contributed by atoms with E-state index in [-0.39, 0.29) is 0 Å². The van der Waals surface area contributed by atoms with Crippen LogP contribution >= 0.6 is 11.5 Å². The number of rotatable bonds is 3. The Hall–Kier alpha value is -0.970. The normalized spacial score (nSPS) is 19.4. The van der Waals surface area contributed by atoms with E-state index < -0.39 is 11.4 Å². The van der Waals surface area contributed by atoms with E-state index >= 15 is 0 Å². The van der Waals surface area contributed by atoms with Crippen molar-refractivity contribution in [2.24, 2.45) is 5.41 Å². The van der Waals surface area contributed by atoms with Crippen molar-refractivity contribution in [3.63, 3.8) is 0 Å². The Balaban J connectivity index is 2.11. The number of carboxylic acid groups (broad SMARTS) is 1. The van der Waals surface area contributed by atoms with E-state index in [9.17, 15) is 4.79 Å². The Kier molecular flexibility index (Phi) is 2.03. The molecule has 5 heteroatoms. The molecule has 70 valence electrons. The van der Waals surface area contributed by atoms with Crippen molar-refractivity contribution in [2.75, 3.05) is 0 Å². The van der Waals surface area contributed by atoms with Gasteiger partial charge in [0.25, 0.3) is 0 Å². The summed E-state index contributed by atoms with van der Waals surface area (Å²) in [5.74, 6) is -0.688. The van der Waals surface area contributed by atoms with Gasteiger partial charge in [-0.3, -0.25) is 4.79 Å². The average Bonchev–Trinajstić information content (AvgIpc) is 2.47. The van der Waals surface area contributed by atoms with Crippen LogP contribution in [-0.2, 0) is 11.2 Å². The highest BCUT2D eigenvalue weighted by molar-refractivity contribution is 7.03. The molecule has 1 N–H and O–H groups in total. The highest BCUT2D eigenvalue weighted by Crippen LogP contribution is 2.43. The number of hydrogen-bond donors (Lipinski definition) is 1. The van der Waals surface area contributed by atoms with Crippen molar-refractivity contribution in [3.8, 4) is 0 Å². The molecular weight excluding hydrogens is 188 g/mol. The van der Waals surface area contributed by atoms with E-state index in [0.717, 1.165) is 25.0 Å². The number of nitrogens with zero attached hydrogens (tertiary/aromatic N) is 2. The van der Waals surface area contributed by atoms with Gasteiger partial charge in [0.1, 0.15) is 0 Å². The van der Waals surface area contributed by atoms with Crippen LogP contribution in [0.5, 0.6) is 0 Å². The molecule has 1 aromatic heterocycles. The predicted octanol–water partition coefficient (Wildman–Crippen LogP) is 1.34. The van der Waals surface area contributed by atoms with Crippen molar-refractivity contribution in [3.05, 3.63) is 11.1 Å². The number of carbonyl (C=O) groups is 1. The summed E-state index contributed by atoms with van der Waals surface area (Å²) in [5.41, 5.74) is 0.280. The van der Waals surface area contributed by atoms with Gasteiger partial charge in [0, 0.05) is 11.8 Å². The van der Waals surface area contributed by atoms with Gasteiger partial charge in [0.2, 0.25) is 0 Å². The molecule has 1 saturated carbocycles. The Morgan fingerprint density at radius 1 is 1.69 bits per heavy atom.